The lowest BCUT2D eigenvalue weighted by Gasteiger charge is -2.18. The molecule has 0 aromatic carbocycles. The molecule has 0 spiro atoms. The number of aromatic amines is 1. The molecule has 2 N–H and O–H groups in total. The molecule has 1 aromatic rings. The first-order valence-corrected chi connectivity index (χ1v) is 5.05. The number of rotatable bonds is 1. The monoisotopic (exact) mass is 223 g/mol. The first-order chi connectivity index (χ1) is 7.48. The Bertz CT molecular complexity index is 446. The van der Waals surface area contributed by atoms with Gasteiger partial charge in [0.25, 0.3) is 11.5 Å². The maximum absolute atomic E-state index is 11.9. The lowest BCUT2D eigenvalue weighted by Crippen LogP contribution is -2.34. The number of aliphatic hydroxyl groups is 1. The van der Waals surface area contributed by atoms with Gasteiger partial charge in [0, 0.05) is 19.2 Å². The Labute approximate surface area is 91.9 Å². The second kappa shape index (κ2) is 3.71. The van der Waals surface area contributed by atoms with E-state index in [1.54, 1.807) is 6.92 Å². The van der Waals surface area contributed by atoms with Gasteiger partial charge in [-0.2, -0.15) is 5.10 Å². The summed E-state index contributed by atoms with van der Waals surface area (Å²) in [4.78, 5) is 24.2. The van der Waals surface area contributed by atoms with Crippen LogP contribution in [0.4, 0.5) is 0 Å². The van der Waals surface area contributed by atoms with Gasteiger partial charge in [-0.05, 0) is 19.4 Å². The minimum absolute atomic E-state index is 0.192. The van der Waals surface area contributed by atoms with E-state index in [4.69, 9.17) is 0 Å². The van der Waals surface area contributed by atoms with Crippen molar-refractivity contribution in [3.8, 4) is 0 Å². The summed E-state index contributed by atoms with van der Waals surface area (Å²) < 4.78 is 0. The van der Waals surface area contributed by atoms with Gasteiger partial charge in [-0.25, -0.2) is 5.10 Å². The van der Waals surface area contributed by atoms with Crippen LogP contribution in [0, 0.1) is 0 Å². The van der Waals surface area contributed by atoms with E-state index >= 15 is 0 Å². The molecule has 0 saturated carbocycles. The van der Waals surface area contributed by atoms with Gasteiger partial charge in [0.2, 0.25) is 0 Å². The molecule has 1 saturated heterocycles. The van der Waals surface area contributed by atoms with E-state index < -0.39 is 5.60 Å². The molecule has 1 unspecified atom stereocenters. The quantitative estimate of drug-likeness (QED) is 0.663. The molecule has 1 amide bonds. The Morgan fingerprint density at radius 1 is 1.62 bits per heavy atom. The number of carbonyl (C=O) groups excluding carboxylic acids is 1. The Kier molecular flexibility index (Phi) is 2.51. The molecular weight excluding hydrogens is 210 g/mol. The van der Waals surface area contributed by atoms with Crippen LogP contribution in [0.2, 0.25) is 0 Å². The molecule has 1 aromatic heterocycles. The molecule has 6 nitrogen and oxygen atoms in total. The average molecular weight is 223 g/mol. The molecule has 1 aliphatic rings. The molecule has 2 rings (SSSR count). The van der Waals surface area contributed by atoms with Crippen LogP contribution in [0.15, 0.2) is 16.9 Å². The number of nitrogens with zero attached hydrogens (tertiary/aromatic N) is 2. The van der Waals surface area contributed by atoms with E-state index in [2.05, 4.69) is 10.2 Å². The summed E-state index contributed by atoms with van der Waals surface area (Å²) in [6.07, 6.45) is 0.558. The Balaban J connectivity index is 2.15. The van der Waals surface area contributed by atoms with Crippen molar-refractivity contribution in [2.75, 3.05) is 13.1 Å². The fourth-order valence-electron chi connectivity index (χ4n) is 1.74. The normalized spacial score (nSPS) is 24.8. The second-order valence-electron chi connectivity index (χ2n) is 4.28. The van der Waals surface area contributed by atoms with E-state index in [1.807, 2.05) is 0 Å². The number of hydrogen-bond donors (Lipinski definition) is 2. The first-order valence-electron chi connectivity index (χ1n) is 5.05. The summed E-state index contributed by atoms with van der Waals surface area (Å²) in [5, 5.41) is 15.6. The molecule has 16 heavy (non-hydrogen) atoms. The fourth-order valence-corrected chi connectivity index (χ4v) is 1.74. The third-order valence-corrected chi connectivity index (χ3v) is 2.64. The van der Waals surface area contributed by atoms with E-state index in [9.17, 15) is 14.7 Å². The van der Waals surface area contributed by atoms with Crippen molar-refractivity contribution in [1.29, 1.82) is 0 Å². The summed E-state index contributed by atoms with van der Waals surface area (Å²) in [6.45, 7) is 2.50. The predicted molar refractivity (Wildman–Crippen MR) is 56.0 cm³/mol. The van der Waals surface area contributed by atoms with Crippen molar-refractivity contribution in [3.05, 3.63) is 28.2 Å². The summed E-state index contributed by atoms with van der Waals surface area (Å²) in [6, 6.07) is 2.64. The van der Waals surface area contributed by atoms with Crippen molar-refractivity contribution in [2.24, 2.45) is 0 Å². The molecule has 0 bridgehead atoms. The van der Waals surface area contributed by atoms with Crippen LogP contribution in [0.3, 0.4) is 0 Å². The average Bonchev–Trinajstić information content (AvgIpc) is 2.59. The van der Waals surface area contributed by atoms with Gasteiger partial charge in [-0.3, -0.25) is 9.59 Å². The maximum atomic E-state index is 11.9. The molecular formula is C10H13N3O3. The van der Waals surface area contributed by atoms with Gasteiger partial charge in [0.05, 0.1) is 5.60 Å². The number of likely N-dealkylation sites (tertiary alicyclic amines) is 1. The number of hydrogen-bond acceptors (Lipinski definition) is 4. The van der Waals surface area contributed by atoms with Crippen LogP contribution in [0.5, 0.6) is 0 Å². The van der Waals surface area contributed by atoms with E-state index in [0.29, 0.717) is 19.5 Å². The summed E-state index contributed by atoms with van der Waals surface area (Å²) in [5.74, 6) is -0.269. The molecule has 1 atom stereocenters. The number of H-pyrrole nitrogens is 1. The highest BCUT2D eigenvalue weighted by Crippen LogP contribution is 2.21. The van der Waals surface area contributed by atoms with Crippen LogP contribution in [-0.4, -0.2) is 44.8 Å². The number of aromatic nitrogens is 2. The van der Waals surface area contributed by atoms with E-state index in [-0.39, 0.29) is 17.2 Å². The molecule has 86 valence electrons. The van der Waals surface area contributed by atoms with Crippen LogP contribution in [0.25, 0.3) is 0 Å². The smallest absolute Gasteiger partial charge is 0.274 e. The second-order valence-corrected chi connectivity index (χ2v) is 4.28. The van der Waals surface area contributed by atoms with Gasteiger partial charge in [0.15, 0.2) is 0 Å². The molecule has 1 fully saturated rings. The maximum Gasteiger partial charge on any atom is 0.274 e. The minimum atomic E-state index is -0.822. The largest absolute Gasteiger partial charge is 0.388 e. The Hall–Kier alpha value is -1.69. The third kappa shape index (κ3) is 2.11. The van der Waals surface area contributed by atoms with Crippen LogP contribution in [0.1, 0.15) is 23.8 Å². The summed E-state index contributed by atoms with van der Waals surface area (Å²) in [7, 11) is 0. The molecule has 0 radical (unpaired) electrons. The van der Waals surface area contributed by atoms with Gasteiger partial charge < -0.3 is 10.0 Å². The summed E-state index contributed by atoms with van der Waals surface area (Å²) in [5.41, 5.74) is -0.972. The van der Waals surface area contributed by atoms with Gasteiger partial charge >= 0.3 is 0 Å². The zero-order chi connectivity index (χ0) is 11.8. The highest BCUT2D eigenvalue weighted by molar-refractivity contribution is 5.92. The number of amides is 1. The van der Waals surface area contributed by atoms with E-state index in [1.165, 1.54) is 17.0 Å². The standard InChI is InChI=1S/C10H13N3O3/c1-10(16)4-5-13(6-10)9(15)7-2-3-8(14)12-11-7/h2-3,16H,4-6H2,1H3,(H,12,14). The first kappa shape index (κ1) is 10.8. The summed E-state index contributed by atoms with van der Waals surface area (Å²) >= 11 is 0. The van der Waals surface area contributed by atoms with Crippen molar-refractivity contribution >= 4 is 5.91 Å². The lowest BCUT2D eigenvalue weighted by atomic mass is 10.1. The van der Waals surface area contributed by atoms with Crippen molar-refractivity contribution in [1.82, 2.24) is 15.1 Å². The lowest BCUT2D eigenvalue weighted by molar-refractivity contribution is 0.0568. The highest BCUT2D eigenvalue weighted by Gasteiger charge is 2.34. The van der Waals surface area contributed by atoms with Crippen LogP contribution < -0.4 is 5.56 Å². The Morgan fingerprint density at radius 3 is 2.88 bits per heavy atom. The number of carbonyl (C=O) groups is 1. The zero-order valence-electron chi connectivity index (χ0n) is 8.93. The van der Waals surface area contributed by atoms with Gasteiger partial charge in [-0.1, -0.05) is 0 Å². The minimum Gasteiger partial charge on any atom is -0.388 e. The number of β-amino-alcohol motifs (C(OH)–C–C–N with tert-alkyl or cyclic N) is 1. The molecule has 0 aliphatic carbocycles. The van der Waals surface area contributed by atoms with Crippen molar-refractivity contribution in [2.45, 2.75) is 18.9 Å². The molecule has 1 aliphatic heterocycles. The predicted octanol–water partition coefficient (Wildman–Crippen LogP) is -0.633. The van der Waals surface area contributed by atoms with Crippen LogP contribution >= 0.6 is 0 Å². The van der Waals surface area contributed by atoms with Gasteiger partial charge in [-0.15, -0.1) is 0 Å². The highest BCUT2D eigenvalue weighted by atomic mass is 16.3. The molecule has 2 heterocycles. The van der Waals surface area contributed by atoms with Crippen LogP contribution in [-0.2, 0) is 0 Å². The van der Waals surface area contributed by atoms with Crippen molar-refractivity contribution < 1.29 is 9.90 Å². The molecule has 6 heteroatoms. The Morgan fingerprint density at radius 2 is 2.38 bits per heavy atom. The number of nitrogens with one attached hydrogen (secondary N) is 1. The SMILES string of the molecule is CC1(O)CCN(C(=O)c2ccc(=O)[nH]n2)C1. The van der Waals surface area contributed by atoms with Gasteiger partial charge in [0.1, 0.15) is 5.69 Å². The fraction of sp³-hybridized carbons (Fsp3) is 0.500. The zero-order valence-corrected chi connectivity index (χ0v) is 8.93. The van der Waals surface area contributed by atoms with Crippen molar-refractivity contribution in [3.63, 3.8) is 0 Å². The van der Waals surface area contributed by atoms with E-state index in [0.717, 1.165) is 0 Å². The topological polar surface area (TPSA) is 86.3 Å². The third-order valence-electron chi connectivity index (χ3n) is 2.64.